The van der Waals surface area contributed by atoms with Crippen molar-refractivity contribution in [1.82, 2.24) is 0 Å². The molecule has 21 N–H and O–H groups in total. The zero-order chi connectivity index (χ0) is 25.4. The van der Waals surface area contributed by atoms with Crippen molar-refractivity contribution in [3.63, 3.8) is 0 Å². The predicted molar refractivity (Wildman–Crippen MR) is 119 cm³/mol. The van der Waals surface area contributed by atoms with E-state index >= 15 is 0 Å². The van der Waals surface area contributed by atoms with Crippen LogP contribution < -0.4 is 0 Å². The largest absolute Gasteiger partial charge is 0.412 e. The van der Waals surface area contributed by atoms with Crippen LogP contribution in [0.25, 0.3) is 0 Å². The van der Waals surface area contributed by atoms with Crippen molar-refractivity contribution < 1.29 is 107 Å². The average Bonchev–Trinajstić information content (AvgIpc) is 3.08. The summed E-state index contributed by atoms with van der Waals surface area (Å²) in [7, 11) is 0. The zero-order valence-corrected chi connectivity index (χ0v) is 20.3. The number of aliphatic hydroxyl groups excluding tert-OH is 11. The third kappa shape index (κ3) is 8.13. The fourth-order valence-corrected chi connectivity index (χ4v) is 4.01. The third-order valence-electron chi connectivity index (χ3n) is 6.16. The molecule has 0 amide bonds. The molecule has 21 nitrogen and oxygen atoms in total. The summed E-state index contributed by atoms with van der Waals surface area (Å²) in [5.74, 6) is -2.36. The molecule has 0 spiro atoms. The van der Waals surface area contributed by atoms with Gasteiger partial charge in [-0.25, -0.2) is 0 Å². The molecule has 21 heteroatoms. The summed E-state index contributed by atoms with van der Waals surface area (Å²) in [4.78, 5) is 0. The molecular formula is C18H42O21. The van der Waals surface area contributed by atoms with Gasteiger partial charge in [0.2, 0.25) is 5.79 Å². The lowest BCUT2D eigenvalue weighted by molar-refractivity contribution is -0.388. The third-order valence-corrected chi connectivity index (χ3v) is 6.16. The SMILES string of the molecule is O.O.O.O.O.OC[C@H]1O[C@@](CO)(OC2O[C@H](COC3O[C@H](CO)[C@@H](O)[C@H](O)[C@H]3O)[C@H](O)[C@H](O)[C@H]2O)[C@@H](O)[C@@H]1O. The second kappa shape index (κ2) is 17.2. The van der Waals surface area contributed by atoms with Crippen molar-refractivity contribution in [3.05, 3.63) is 0 Å². The molecule has 39 heavy (non-hydrogen) atoms. The maximum Gasteiger partial charge on any atom is 0.224 e. The van der Waals surface area contributed by atoms with E-state index in [1.165, 1.54) is 0 Å². The second-order valence-electron chi connectivity index (χ2n) is 8.41. The van der Waals surface area contributed by atoms with Crippen molar-refractivity contribution >= 4 is 0 Å². The first-order chi connectivity index (χ1) is 16.0. The summed E-state index contributed by atoms with van der Waals surface area (Å²) in [6, 6.07) is 0. The molecule has 0 aromatic rings. The molecular weight excluding hydrogens is 552 g/mol. The van der Waals surface area contributed by atoms with Gasteiger partial charge in [0.15, 0.2) is 12.6 Å². The Hall–Kier alpha value is -0.840. The van der Waals surface area contributed by atoms with Crippen LogP contribution in [0.1, 0.15) is 0 Å². The van der Waals surface area contributed by atoms with E-state index in [9.17, 15) is 56.2 Å². The molecule has 0 aromatic heterocycles. The van der Waals surface area contributed by atoms with Crippen LogP contribution >= 0.6 is 0 Å². The molecule has 240 valence electrons. The molecule has 3 fully saturated rings. The fraction of sp³-hybridized carbons (Fsp3) is 1.00. The van der Waals surface area contributed by atoms with Crippen LogP contribution in [0, 0.1) is 0 Å². The van der Waals surface area contributed by atoms with Crippen molar-refractivity contribution in [2.75, 3.05) is 26.4 Å². The summed E-state index contributed by atoms with van der Waals surface area (Å²) in [5, 5.41) is 109. The summed E-state index contributed by atoms with van der Waals surface area (Å²) >= 11 is 0. The first-order valence-electron chi connectivity index (χ1n) is 10.6. The molecule has 3 saturated heterocycles. The highest BCUT2D eigenvalue weighted by atomic mass is 16.8. The number of rotatable bonds is 8. The van der Waals surface area contributed by atoms with Crippen LogP contribution in [0.3, 0.4) is 0 Å². The van der Waals surface area contributed by atoms with E-state index in [1.807, 2.05) is 0 Å². The van der Waals surface area contributed by atoms with Crippen LogP contribution in [0.2, 0.25) is 0 Å². The van der Waals surface area contributed by atoms with Gasteiger partial charge >= 0.3 is 0 Å². The Bertz CT molecular complexity index is 658. The maximum atomic E-state index is 10.3. The second-order valence-corrected chi connectivity index (χ2v) is 8.41. The lowest BCUT2D eigenvalue weighted by Gasteiger charge is -2.44. The Kier molecular flexibility index (Phi) is 18.8. The first-order valence-corrected chi connectivity index (χ1v) is 10.6. The maximum absolute atomic E-state index is 10.3. The number of hydrogen-bond donors (Lipinski definition) is 11. The van der Waals surface area contributed by atoms with Gasteiger partial charge in [0, 0.05) is 0 Å². The van der Waals surface area contributed by atoms with Gasteiger partial charge in [-0.3, -0.25) is 0 Å². The minimum Gasteiger partial charge on any atom is -0.412 e. The van der Waals surface area contributed by atoms with Crippen molar-refractivity contribution in [1.29, 1.82) is 0 Å². The van der Waals surface area contributed by atoms with Crippen molar-refractivity contribution in [3.8, 4) is 0 Å². The average molecular weight is 595 g/mol. The van der Waals surface area contributed by atoms with Crippen molar-refractivity contribution in [2.24, 2.45) is 0 Å². The fourth-order valence-electron chi connectivity index (χ4n) is 4.01. The Labute approximate surface area is 220 Å². The van der Waals surface area contributed by atoms with Crippen molar-refractivity contribution in [2.45, 2.75) is 85.5 Å². The van der Waals surface area contributed by atoms with E-state index in [4.69, 9.17) is 23.7 Å². The van der Waals surface area contributed by atoms with Crippen LogP contribution in [-0.2, 0) is 23.7 Å². The van der Waals surface area contributed by atoms with Crippen LogP contribution in [0.15, 0.2) is 0 Å². The van der Waals surface area contributed by atoms with Gasteiger partial charge in [0.25, 0.3) is 0 Å². The van der Waals surface area contributed by atoms with Crippen LogP contribution in [0.4, 0.5) is 0 Å². The summed E-state index contributed by atoms with van der Waals surface area (Å²) in [6.07, 6.45) is -21.8. The number of ether oxygens (including phenoxy) is 5. The van der Waals surface area contributed by atoms with Gasteiger partial charge in [0.05, 0.1) is 19.8 Å². The molecule has 3 rings (SSSR count). The standard InChI is InChI=1S/C18H32O16.5H2O/c19-1-5-8(22)11(25)13(27)16(31-5)30-3-7-9(23)12(26)14(28)17(32-7)34-18(4-21)15(29)10(24)6(2-20)33-18;;;;;/h5-17,19-29H,1-4H2;5*1H2/t5-,6-,7-,8-,9+,10-,11+,12+,13-,14-,15+,16?,17?,18+;;;;;/m1...../s1. The van der Waals surface area contributed by atoms with Gasteiger partial charge in [-0.2, -0.15) is 0 Å². The summed E-state index contributed by atoms with van der Waals surface area (Å²) in [6.45, 7) is -3.14. The molecule has 0 bridgehead atoms. The highest BCUT2D eigenvalue weighted by Gasteiger charge is 2.58. The summed E-state index contributed by atoms with van der Waals surface area (Å²) < 4.78 is 26.4. The first kappa shape index (κ1) is 42.6. The molecule has 3 aliphatic rings. The van der Waals surface area contributed by atoms with Gasteiger partial charge in [-0.15, -0.1) is 0 Å². The minimum absolute atomic E-state index is 0. The monoisotopic (exact) mass is 594 g/mol. The van der Waals surface area contributed by atoms with E-state index in [2.05, 4.69) is 0 Å². The molecule has 0 saturated carbocycles. The van der Waals surface area contributed by atoms with Gasteiger partial charge in [-0.1, -0.05) is 0 Å². The van der Waals surface area contributed by atoms with E-state index in [-0.39, 0.29) is 27.4 Å². The highest BCUT2D eigenvalue weighted by Crippen LogP contribution is 2.36. The topological polar surface area (TPSA) is 426 Å². The number of hydrogen-bond acceptors (Lipinski definition) is 16. The molecule has 0 aliphatic carbocycles. The molecule has 0 aromatic carbocycles. The molecule has 2 unspecified atom stereocenters. The predicted octanol–water partition coefficient (Wildman–Crippen LogP) is -11.7. The van der Waals surface area contributed by atoms with E-state index < -0.39 is 112 Å². The Morgan fingerprint density at radius 1 is 0.538 bits per heavy atom. The highest BCUT2D eigenvalue weighted by molar-refractivity contribution is 4.98. The van der Waals surface area contributed by atoms with Gasteiger partial charge in [-0.05, 0) is 0 Å². The van der Waals surface area contributed by atoms with Crippen LogP contribution in [0.5, 0.6) is 0 Å². The lowest BCUT2D eigenvalue weighted by Crippen LogP contribution is -2.63. The van der Waals surface area contributed by atoms with Gasteiger partial charge in [0.1, 0.15) is 73.8 Å². The normalized spacial score (nSPS) is 45.5. The zero-order valence-electron chi connectivity index (χ0n) is 20.3. The quantitative estimate of drug-likeness (QED) is 0.124. The molecule has 3 aliphatic heterocycles. The van der Waals surface area contributed by atoms with E-state index in [1.54, 1.807) is 0 Å². The summed E-state index contributed by atoms with van der Waals surface area (Å²) in [5.41, 5.74) is 0. The molecule has 0 radical (unpaired) electrons. The Morgan fingerprint density at radius 2 is 1.00 bits per heavy atom. The lowest BCUT2D eigenvalue weighted by atomic mass is 9.98. The number of aliphatic hydroxyl groups is 11. The molecule has 14 atom stereocenters. The van der Waals surface area contributed by atoms with Crippen LogP contribution in [-0.4, -0.2) is 195 Å². The van der Waals surface area contributed by atoms with E-state index in [0.29, 0.717) is 0 Å². The Morgan fingerprint density at radius 3 is 1.46 bits per heavy atom. The molecule has 3 heterocycles. The van der Waals surface area contributed by atoms with E-state index in [0.717, 1.165) is 0 Å². The van der Waals surface area contributed by atoms with Gasteiger partial charge < -0.3 is 107 Å². The smallest absolute Gasteiger partial charge is 0.224 e. The Balaban J connectivity index is -0.00000259. The minimum atomic E-state index is -2.36.